The normalized spacial score (nSPS) is 26.6. The highest BCUT2D eigenvalue weighted by molar-refractivity contribution is 5.76. The maximum absolute atomic E-state index is 12.7. The standard InChI is InChI=1S/C18H24N6O/c1-3-4-8-18(22-23-18)9-7-16(25)24-10-14(13-5-6-13)15(11-24)17-19-12(2)20-21-17/h1,13-15H,4-11H2,2H3,(H,19,20,21)/t14-,15+/m0/s1. The molecule has 1 aromatic rings. The zero-order valence-corrected chi connectivity index (χ0v) is 14.6. The van der Waals surface area contributed by atoms with E-state index in [1.165, 1.54) is 12.8 Å². The predicted molar refractivity (Wildman–Crippen MR) is 91.5 cm³/mol. The maximum Gasteiger partial charge on any atom is 0.222 e. The van der Waals surface area contributed by atoms with Crippen LogP contribution in [-0.2, 0) is 4.79 Å². The number of terminal acetylenes is 1. The number of nitrogens with one attached hydrogen (secondary N) is 1. The Bertz CT molecular complexity index is 722. The minimum Gasteiger partial charge on any atom is -0.342 e. The van der Waals surface area contributed by atoms with Crippen molar-refractivity contribution in [2.45, 2.75) is 57.0 Å². The van der Waals surface area contributed by atoms with Gasteiger partial charge in [-0.3, -0.25) is 9.89 Å². The Morgan fingerprint density at radius 1 is 1.36 bits per heavy atom. The summed E-state index contributed by atoms with van der Waals surface area (Å²) in [6, 6.07) is 0. The lowest BCUT2D eigenvalue weighted by molar-refractivity contribution is -0.130. The van der Waals surface area contributed by atoms with Gasteiger partial charge < -0.3 is 4.90 Å². The summed E-state index contributed by atoms with van der Waals surface area (Å²) in [5.41, 5.74) is -0.377. The first-order valence-corrected chi connectivity index (χ1v) is 9.14. The van der Waals surface area contributed by atoms with E-state index in [1.54, 1.807) is 0 Å². The van der Waals surface area contributed by atoms with Crippen LogP contribution in [0, 0.1) is 31.1 Å². The molecule has 2 atom stereocenters. The van der Waals surface area contributed by atoms with Gasteiger partial charge >= 0.3 is 0 Å². The van der Waals surface area contributed by atoms with Crippen LogP contribution in [0.25, 0.3) is 0 Å². The molecule has 1 aliphatic carbocycles. The van der Waals surface area contributed by atoms with Crippen molar-refractivity contribution in [3.8, 4) is 12.3 Å². The number of carbonyl (C=O) groups excluding carboxylic acids is 1. The van der Waals surface area contributed by atoms with Crippen LogP contribution < -0.4 is 0 Å². The molecule has 4 rings (SSSR count). The SMILES string of the molecule is C#CCCC1(CCC(=O)N2C[C@@H](c3n[nH]c(C)n3)[C@H](C3CC3)C2)N=N1. The molecule has 2 aliphatic heterocycles. The number of amides is 1. The summed E-state index contributed by atoms with van der Waals surface area (Å²) >= 11 is 0. The van der Waals surface area contributed by atoms with Crippen molar-refractivity contribution in [1.82, 2.24) is 20.1 Å². The van der Waals surface area contributed by atoms with Gasteiger partial charge in [-0.1, -0.05) is 0 Å². The van der Waals surface area contributed by atoms with Gasteiger partial charge in [-0.15, -0.1) is 12.3 Å². The molecular formula is C18H24N6O. The van der Waals surface area contributed by atoms with Crippen molar-refractivity contribution >= 4 is 5.91 Å². The highest BCUT2D eigenvalue weighted by Gasteiger charge is 2.46. The number of aryl methyl sites for hydroxylation is 1. The van der Waals surface area contributed by atoms with E-state index in [9.17, 15) is 4.79 Å². The van der Waals surface area contributed by atoms with Crippen LogP contribution in [0.5, 0.6) is 0 Å². The van der Waals surface area contributed by atoms with Crippen molar-refractivity contribution in [3.05, 3.63) is 11.6 Å². The summed E-state index contributed by atoms with van der Waals surface area (Å²) in [4.78, 5) is 19.2. The van der Waals surface area contributed by atoms with Crippen LogP contribution in [0.15, 0.2) is 10.2 Å². The van der Waals surface area contributed by atoms with Crippen molar-refractivity contribution < 1.29 is 4.79 Å². The van der Waals surface area contributed by atoms with Crippen molar-refractivity contribution in [2.75, 3.05) is 13.1 Å². The zero-order valence-electron chi connectivity index (χ0n) is 14.6. The van der Waals surface area contributed by atoms with Crippen LogP contribution in [0.4, 0.5) is 0 Å². The number of hydrogen-bond acceptors (Lipinski definition) is 5. The van der Waals surface area contributed by atoms with Gasteiger partial charge in [0.1, 0.15) is 5.82 Å². The Morgan fingerprint density at radius 3 is 2.76 bits per heavy atom. The number of rotatable bonds is 7. The van der Waals surface area contributed by atoms with Crippen molar-refractivity contribution in [3.63, 3.8) is 0 Å². The third-order valence-corrected chi connectivity index (χ3v) is 5.68. The van der Waals surface area contributed by atoms with Gasteiger partial charge in [0, 0.05) is 44.7 Å². The molecule has 7 nitrogen and oxygen atoms in total. The fraction of sp³-hybridized carbons (Fsp3) is 0.722. The smallest absolute Gasteiger partial charge is 0.222 e. The van der Waals surface area contributed by atoms with E-state index in [1.807, 2.05) is 11.8 Å². The van der Waals surface area contributed by atoms with E-state index in [-0.39, 0.29) is 17.5 Å². The predicted octanol–water partition coefficient (Wildman–Crippen LogP) is 2.42. The second-order valence-corrected chi connectivity index (χ2v) is 7.57. The molecule has 1 saturated heterocycles. The first-order chi connectivity index (χ1) is 12.1. The van der Waals surface area contributed by atoms with E-state index < -0.39 is 0 Å². The molecule has 7 heteroatoms. The number of H-pyrrole nitrogens is 1. The number of aromatic nitrogens is 3. The molecule has 25 heavy (non-hydrogen) atoms. The number of nitrogens with zero attached hydrogens (tertiary/aromatic N) is 5. The number of aromatic amines is 1. The molecule has 0 unspecified atom stereocenters. The molecule has 1 amide bonds. The topological polar surface area (TPSA) is 86.6 Å². The maximum atomic E-state index is 12.7. The van der Waals surface area contributed by atoms with E-state index in [4.69, 9.17) is 6.42 Å². The first kappa shape index (κ1) is 16.2. The molecule has 2 fully saturated rings. The molecule has 0 aromatic carbocycles. The fourth-order valence-electron chi connectivity index (χ4n) is 3.97. The lowest BCUT2D eigenvalue weighted by Gasteiger charge is -2.17. The largest absolute Gasteiger partial charge is 0.342 e. The minimum absolute atomic E-state index is 0.192. The number of hydrogen-bond donors (Lipinski definition) is 1. The Kier molecular flexibility index (Phi) is 4.06. The lowest BCUT2D eigenvalue weighted by Crippen LogP contribution is -2.30. The summed E-state index contributed by atoms with van der Waals surface area (Å²) in [5, 5.41) is 15.5. The second kappa shape index (κ2) is 6.25. The van der Waals surface area contributed by atoms with Crippen molar-refractivity contribution in [2.24, 2.45) is 22.1 Å². The summed E-state index contributed by atoms with van der Waals surface area (Å²) in [7, 11) is 0. The third-order valence-electron chi connectivity index (χ3n) is 5.68. The molecular weight excluding hydrogens is 316 g/mol. The van der Waals surface area contributed by atoms with Gasteiger partial charge in [0.05, 0.1) is 0 Å². The van der Waals surface area contributed by atoms with Gasteiger partial charge in [-0.25, -0.2) is 4.98 Å². The van der Waals surface area contributed by atoms with Crippen LogP contribution in [-0.4, -0.2) is 44.7 Å². The van der Waals surface area contributed by atoms with E-state index in [0.29, 0.717) is 25.2 Å². The first-order valence-electron chi connectivity index (χ1n) is 9.14. The van der Waals surface area contributed by atoms with Gasteiger partial charge in [0.25, 0.3) is 0 Å². The summed E-state index contributed by atoms with van der Waals surface area (Å²) in [6.07, 6.45) is 10.4. The zero-order chi connectivity index (χ0) is 17.4. The summed E-state index contributed by atoms with van der Waals surface area (Å²) in [6.45, 7) is 3.47. The average Bonchev–Trinajstić information content (AvgIpc) is 3.52. The second-order valence-electron chi connectivity index (χ2n) is 7.57. The quantitative estimate of drug-likeness (QED) is 0.773. The molecule has 0 spiro atoms. The molecule has 1 saturated carbocycles. The molecule has 0 radical (unpaired) electrons. The Labute approximate surface area is 147 Å². The van der Waals surface area contributed by atoms with Crippen molar-refractivity contribution in [1.29, 1.82) is 0 Å². The van der Waals surface area contributed by atoms with Crippen LogP contribution in [0.2, 0.25) is 0 Å². The minimum atomic E-state index is -0.377. The highest BCUT2D eigenvalue weighted by atomic mass is 16.2. The van der Waals surface area contributed by atoms with Gasteiger partial charge in [0.15, 0.2) is 11.5 Å². The molecule has 0 bridgehead atoms. The molecule has 3 aliphatic rings. The number of carbonyl (C=O) groups is 1. The van der Waals surface area contributed by atoms with E-state index in [0.717, 1.165) is 37.1 Å². The molecule has 1 aromatic heterocycles. The lowest BCUT2D eigenvalue weighted by atomic mass is 9.91. The highest BCUT2D eigenvalue weighted by Crippen LogP contribution is 2.47. The Hall–Kier alpha value is -2.23. The number of likely N-dealkylation sites (tertiary alicyclic amines) is 1. The summed E-state index contributed by atoms with van der Waals surface area (Å²) in [5.74, 6) is 5.98. The van der Waals surface area contributed by atoms with Crippen LogP contribution in [0.3, 0.4) is 0 Å². The van der Waals surface area contributed by atoms with Gasteiger partial charge in [-0.05, 0) is 31.6 Å². The summed E-state index contributed by atoms with van der Waals surface area (Å²) < 4.78 is 0. The molecule has 1 N–H and O–H groups in total. The van der Waals surface area contributed by atoms with Gasteiger partial charge in [-0.2, -0.15) is 15.3 Å². The fourth-order valence-corrected chi connectivity index (χ4v) is 3.97. The monoisotopic (exact) mass is 340 g/mol. The Morgan fingerprint density at radius 2 is 2.16 bits per heavy atom. The average molecular weight is 340 g/mol. The molecule has 132 valence electrons. The third kappa shape index (κ3) is 3.44. The Balaban J connectivity index is 1.36. The molecule has 3 heterocycles. The van der Waals surface area contributed by atoms with E-state index >= 15 is 0 Å². The van der Waals surface area contributed by atoms with Crippen LogP contribution in [0.1, 0.15) is 56.1 Å². The van der Waals surface area contributed by atoms with Crippen LogP contribution >= 0.6 is 0 Å². The van der Waals surface area contributed by atoms with Gasteiger partial charge in [0.2, 0.25) is 5.91 Å². The van der Waals surface area contributed by atoms with E-state index in [2.05, 4.69) is 31.3 Å².